The fourth-order valence-corrected chi connectivity index (χ4v) is 2.34. The van der Waals surface area contributed by atoms with Crippen LogP contribution in [0.4, 0.5) is 0 Å². The molecule has 1 heterocycles. The SMILES string of the molecule is CC(C)(C)c1nc(C2CCCC2)oc1C(=O)O. The molecule has 0 aliphatic heterocycles. The van der Waals surface area contributed by atoms with E-state index in [-0.39, 0.29) is 11.2 Å². The van der Waals surface area contributed by atoms with Gasteiger partial charge in [-0.2, -0.15) is 0 Å². The Bertz CT molecular complexity index is 422. The first-order valence-electron chi connectivity index (χ1n) is 6.14. The van der Waals surface area contributed by atoms with Crippen molar-refractivity contribution in [2.24, 2.45) is 0 Å². The smallest absolute Gasteiger partial charge is 0.373 e. The molecule has 0 saturated heterocycles. The summed E-state index contributed by atoms with van der Waals surface area (Å²) in [5.74, 6) is -0.0832. The normalized spacial score (nSPS) is 17.6. The molecule has 1 N–H and O–H groups in total. The summed E-state index contributed by atoms with van der Waals surface area (Å²) in [6, 6.07) is 0. The maximum absolute atomic E-state index is 11.2. The summed E-state index contributed by atoms with van der Waals surface area (Å²) >= 11 is 0. The van der Waals surface area contributed by atoms with Gasteiger partial charge in [-0.25, -0.2) is 9.78 Å². The van der Waals surface area contributed by atoms with E-state index in [4.69, 9.17) is 9.52 Å². The fourth-order valence-electron chi connectivity index (χ4n) is 2.34. The van der Waals surface area contributed by atoms with Gasteiger partial charge in [-0.3, -0.25) is 0 Å². The Morgan fingerprint density at radius 3 is 2.35 bits per heavy atom. The van der Waals surface area contributed by atoms with Crippen molar-refractivity contribution in [1.82, 2.24) is 4.98 Å². The molecule has 0 bridgehead atoms. The van der Waals surface area contributed by atoms with Gasteiger partial charge in [-0.15, -0.1) is 0 Å². The minimum Gasteiger partial charge on any atom is -0.475 e. The van der Waals surface area contributed by atoms with Crippen LogP contribution in [0, 0.1) is 0 Å². The predicted molar refractivity (Wildman–Crippen MR) is 63.4 cm³/mol. The van der Waals surface area contributed by atoms with E-state index in [0.717, 1.165) is 12.8 Å². The van der Waals surface area contributed by atoms with Gasteiger partial charge in [0.25, 0.3) is 0 Å². The molecule has 94 valence electrons. The molecule has 0 aromatic carbocycles. The number of oxazole rings is 1. The van der Waals surface area contributed by atoms with E-state index in [0.29, 0.717) is 17.5 Å². The monoisotopic (exact) mass is 237 g/mol. The van der Waals surface area contributed by atoms with E-state index in [1.807, 2.05) is 20.8 Å². The quantitative estimate of drug-likeness (QED) is 0.856. The van der Waals surface area contributed by atoms with Crippen molar-refractivity contribution in [1.29, 1.82) is 0 Å². The van der Waals surface area contributed by atoms with Crippen LogP contribution in [0.3, 0.4) is 0 Å². The van der Waals surface area contributed by atoms with Crippen molar-refractivity contribution in [2.45, 2.75) is 57.8 Å². The Balaban J connectivity index is 2.40. The number of rotatable bonds is 2. The second-order valence-corrected chi connectivity index (χ2v) is 5.77. The number of hydrogen-bond acceptors (Lipinski definition) is 3. The molecule has 1 aromatic heterocycles. The third-order valence-corrected chi connectivity index (χ3v) is 3.25. The number of carbonyl (C=O) groups is 1. The number of nitrogens with zero attached hydrogens (tertiary/aromatic N) is 1. The summed E-state index contributed by atoms with van der Waals surface area (Å²) < 4.78 is 5.48. The molecule has 1 aliphatic rings. The Morgan fingerprint density at radius 2 is 1.94 bits per heavy atom. The van der Waals surface area contributed by atoms with Gasteiger partial charge in [0, 0.05) is 11.3 Å². The minimum atomic E-state index is -1.02. The third kappa shape index (κ3) is 2.35. The van der Waals surface area contributed by atoms with Crippen LogP contribution >= 0.6 is 0 Å². The Labute approximate surface area is 101 Å². The van der Waals surface area contributed by atoms with Crippen LogP contribution in [0.2, 0.25) is 0 Å². The van der Waals surface area contributed by atoms with E-state index < -0.39 is 5.97 Å². The maximum Gasteiger partial charge on any atom is 0.373 e. The van der Waals surface area contributed by atoms with Crippen LogP contribution in [0.15, 0.2) is 4.42 Å². The highest BCUT2D eigenvalue weighted by Gasteiger charge is 2.31. The van der Waals surface area contributed by atoms with Crippen LogP contribution in [-0.4, -0.2) is 16.1 Å². The van der Waals surface area contributed by atoms with Crippen molar-refractivity contribution in [3.8, 4) is 0 Å². The lowest BCUT2D eigenvalue weighted by molar-refractivity contribution is 0.0656. The molecular weight excluding hydrogens is 218 g/mol. The zero-order valence-electron chi connectivity index (χ0n) is 10.6. The van der Waals surface area contributed by atoms with Gasteiger partial charge in [0.1, 0.15) is 0 Å². The summed E-state index contributed by atoms with van der Waals surface area (Å²) in [5, 5.41) is 9.15. The van der Waals surface area contributed by atoms with E-state index in [2.05, 4.69) is 4.98 Å². The summed E-state index contributed by atoms with van der Waals surface area (Å²) in [4.78, 5) is 15.6. The highest BCUT2D eigenvalue weighted by Crippen LogP contribution is 2.36. The molecule has 0 radical (unpaired) electrons. The molecule has 0 amide bonds. The van der Waals surface area contributed by atoms with Crippen molar-refractivity contribution in [3.63, 3.8) is 0 Å². The number of carboxylic acid groups (broad SMARTS) is 1. The summed E-state index contributed by atoms with van der Waals surface area (Å²) in [6.45, 7) is 5.86. The first kappa shape index (κ1) is 12.1. The average molecular weight is 237 g/mol. The molecule has 17 heavy (non-hydrogen) atoms. The molecule has 0 atom stereocenters. The number of hydrogen-bond donors (Lipinski definition) is 1. The van der Waals surface area contributed by atoms with Gasteiger partial charge >= 0.3 is 5.97 Å². The van der Waals surface area contributed by atoms with Crippen LogP contribution in [0.25, 0.3) is 0 Å². The Morgan fingerprint density at radius 1 is 1.35 bits per heavy atom. The van der Waals surface area contributed by atoms with Crippen molar-refractivity contribution in [3.05, 3.63) is 17.3 Å². The van der Waals surface area contributed by atoms with Crippen LogP contribution < -0.4 is 0 Å². The van der Waals surface area contributed by atoms with Gasteiger partial charge in [-0.05, 0) is 12.8 Å². The maximum atomic E-state index is 11.2. The van der Waals surface area contributed by atoms with Crippen LogP contribution in [0.1, 0.15) is 74.5 Å². The molecule has 4 heteroatoms. The van der Waals surface area contributed by atoms with Crippen LogP contribution in [0.5, 0.6) is 0 Å². The largest absolute Gasteiger partial charge is 0.475 e. The zero-order chi connectivity index (χ0) is 12.6. The second kappa shape index (κ2) is 4.17. The molecule has 1 saturated carbocycles. The molecule has 0 spiro atoms. The molecule has 0 unspecified atom stereocenters. The number of aromatic nitrogens is 1. The summed E-state index contributed by atoms with van der Waals surface area (Å²) in [5.41, 5.74) is 0.264. The van der Waals surface area contributed by atoms with Gasteiger partial charge < -0.3 is 9.52 Å². The van der Waals surface area contributed by atoms with Gasteiger partial charge in [-0.1, -0.05) is 33.6 Å². The average Bonchev–Trinajstić information content (AvgIpc) is 2.85. The second-order valence-electron chi connectivity index (χ2n) is 5.77. The summed E-state index contributed by atoms with van der Waals surface area (Å²) in [7, 11) is 0. The van der Waals surface area contributed by atoms with Crippen molar-refractivity contribution < 1.29 is 14.3 Å². The number of aromatic carboxylic acids is 1. The standard InChI is InChI=1S/C13H19NO3/c1-13(2,3)10-9(12(15)16)17-11(14-10)8-6-4-5-7-8/h8H,4-7H2,1-3H3,(H,15,16). The summed E-state index contributed by atoms with van der Waals surface area (Å²) in [6.07, 6.45) is 4.48. The lowest BCUT2D eigenvalue weighted by Gasteiger charge is -2.14. The lowest BCUT2D eigenvalue weighted by Crippen LogP contribution is -2.16. The van der Waals surface area contributed by atoms with E-state index in [1.165, 1.54) is 12.8 Å². The topological polar surface area (TPSA) is 63.3 Å². The van der Waals surface area contributed by atoms with Gasteiger partial charge in [0.2, 0.25) is 5.76 Å². The third-order valence-electron chi connectivity index (χ3n) is 3.25. The van der Waals surface area contributed by atoms with Gasteiger partial charge in [0.15, 0.2) is 5.89 Å². The van der Waals surface area contributed by atoms with Gasteiger partial charge in [0.05, 0.1) is 5.69 Å². The Kier molecular flexibility index (Phi) is 2.98. The predicted octanol–water partition coefficient (Wildman–Crippen LogP) is 3.33. The van der Waals surface area contributed by atoms with E-state index in [1.54, 1.807) is 0 Å². The zero-order valence-corrected chi connectivity index (χ0v) is 10.6. The lowest BCUT2D eigenvalue weighted by atomic mass is 9.91. The Hall–Kier alpha value is -1.32. The van der Waals surface area contributed by atoms with Crippen LogP contribution in [-0.2, 0) is 5.41 Å². The molecule has 1 aromatic rings. The first-order chi connectivity index (χ1) is 7.89. The number of carboxylic acids is 1. The highest BCUT2D eigenvalue weighted by molar-refractivity contribution is 5.86. The fraction of sp³-hybridized carbons (Fsp3) is 0.692. The molecule has 1 aliphatic carbocycles. The molecule has 2 rings (SSSR count). The molecular formula is C13H19NO3. The first-order valence-corrected chi connectivity index (χ1v) is 6.14. The molecule has 1 fully saturated rings. The molecule has 4 nitrogen and oxygen atoms in total. The van der Waals surface area contributed by atoms with Crippen molar-refractivity contribution >= 4 is 5.97 Å². The van der Waals surface area contributed by atoms with E-state index in [9.17, 15) is 4.79 Å². The van der Waals surface area contributed by atoms with Crippen molar-refractivity contribution in [2.75, 3.05) is 0 Å². The minimum absolute atomic E-state index is 0.0133. The van der Waals surface area contributed by atoms with E-state index >= 15 is 0 Å². The highest BCUT2D eigenvalue weighted by atomic mass is 16.4.